The van der Waals surface area contributed by atoms with E-state index in [0.29, 0.717) is 5.75 Å². The highest BCUT2D eigenvalue weighted by Crippen LogP contribution is 2.27. The molecule has 0 bridgehead atoms. The van der Waals surface area contributed by atoms with Crippen molar-refractivity contribution in [3.63, 3.8) is 0 Å². The van der Waals surface area contributed by atoms with Gasteiger partial charge in [-0.3, -0.25) is 4.79 Å². The Hall–Kier alpha value is -3.12. The third-order valence-corrected chi connectivity index (χ3v) is 6.43. The molecule has 0 radical (unpaired) electrons. The fourth-order valence-electron chi connectivity index (χ4n) is 3.08. The van der Waals surface area contributed by atoms with Crippen LogP contribution in [0.15, 0.2) is 83.8 Å². The zero-order chi connectivity index (χ0) is 21.7. The summed E-state index contributed by atoms with van der Waals surface area (Å²) in [4.78, 5) is 13.2. The lowest BCUT2D eigenvalue weighted by Gasteiger charge is -2.23. The van der Waals surface area contributed by atoms with Crippen molar-refractivity contribution < 1.29 is 17.9 Å². The largest absolute Gasteiger partial charge is 0.483 e. The van der Waals surface area contributed by atoms with Crippen LogP contribution in [0.3, 0.4) is 0 Å². The van der Waals surface area contributed by atoms with Gasteiger partial charge in [0.15, 0.2) is 6.61 Å². The van der Waals surface area contributed by atoms with Crippen LogP contribution in [-0.2, 0) is 14.8 Å². The fourth-order valence-corrected chi connectivity index (χ4v) is 4.49. The Bertz CT molecular complexity index is 1110. The summed E-state index contributed by atoms with van der Waals surface area (Å²) in [6, 6.07) is 22.2. The van der Waals surface area contributed by atoms with Crippen molar-refractivity contribution in [2.45, 2.75) is 31.6 Å². The molecule has 30 heavy (non-hydrogen) atoms. The maximum absolute atomic E-state index is 13.3. The molecule has 0 aliphatic heterocycles. The van der Waals surface area contributed by atoms with Gasteiger partial charge in [-0.05, 0) is 48.7 Å². The topological polar surface area (TPSA) is 63.7 Å². The molecule has 5 nitrogen and oxygen atoms in total. The van der Waals surface area contributed by atoms with Crippen molar-refractivity contribution in [1.82, 2.24) is 0 Å². The van der Waals surface area contributed by atoms with Crippen LogP contribution in [0, 0.1) is 6.92 Å². The van der Waals surface area contributed by atoms with Gasteiger partial charge in [0.2, 0.25) is 0 Å². The first-order chi connectivity index (χ1) is 14.3. The smallest absolute Gasteiger partial charge is 0.278 e. The van der Waals surface area contributed by atoms with Crippen LogP contribution < -0.4 is 9.04 Å². The van der Waals surface area contributed by atoms with Gasteiger partial charge < -0.3 is 4.74 Å². The zero-order valence-electron chi connectivity index (χ0n) is 17.3. The van der Waals surface area contributed by atoms with Gasteiger partial charge in [-0.1, -0.05) is 67.9 Å². The number of amides is 1. The van der Waals surface area contributed by atoms with Crippen LogP contribution >= 0.6 is 0 Å². The molecule has 0 fully saturated rings. The molecule has 156 valence electrons. The average Bonchev–Trinajstić information content (AvgIpc) is 2.73. The number of hydrogen-bond acceptors (Lipinski definition) is 4. The lowest BCUT2D eigenvalue weighted by molar-refractivity contribution is -0.119. The molecule has 3 aromatic carbocycles. The third-order valence-electron chi connectivity index (χ3n) is 4.67. The van der Waals surface area contributed by atoms with Crippen LogP contribution in [0.4, 0.5) is 5.69 Å². The van der Waals surface area contributed by atoms with E-state index < -0.39 is 22.5 Å². The van der Waals surface area contributed by atoms with E-state index in [2.05, 4.69) is 0 Å². The summed E-state index contributed by atoms with van der Waals surface area (Å²) in [5, 5.41) is 0. The van der Waals surface area contributed by atoms with Crippen molar-refractivity contribution in [3.8, 4) is 5.75 Å². The van der Waals surface area contributed by atoms with E-state index >= 15 is 0 Å². The predicted molar refractivity (Wildman–Crippen MR) is 118 cm³/mol. The molecule has 6 heteroatoms. The normalized spacial score (nSPS) is 11.3. The van der Waals surface area contributed by atoms with E-state index in [1.807, 2.05) is 39.0 Å². The minimum atomic E-state index is -4.10. The Balaban J connectivity index is 1.94. The molecule has 0 N–H and O–H groups in total. The van der Waals surface area contributed by atoms with Gasteiger partial charge >= 0.3 is 0 Å². The Morgan fingerprint density at radius 2 is 1.50 bits per heavy atom. The highest BCUT2D eigenvalue weighted by Gasteiger charge is 2.31. The van der Waals surface area contributed by atoms with E-state index in [1.54, 1.807) is 48.5 Å². The highest BCUT2D eigenvalue weighted by molar-refractivity contribution is 7.93. The van der Waals surface area contributed by atoms with Gasteiger partial charge in [-0.15, -0.1) is 0 Å². The van der Waals surface area contributed by atoms with E-state index in [4.69, 9.17) is 4.74 Å². The molecule has 0 aliphatic carbocycles. The Labute approximate surface area is 178 Å². The lowest BCUT2D eigenvalue weighted by Crippen LogP contribution is -2.40. The molecule has 3 rings (SSSR count). The Morgan fingerprint density at radius 3 is 2.13 bits per heavy atom. The second-order valence-corrected chi connectivity index (χ2v) is 9.08. The summed E-state index contributed by atoms with van der Waals surface area (Å²) in [5.41, 5.74) is 2.15. The SMILES string of the molecule is Cc1ccc(S(=O)(=O)N(C(=O)COc2ccccc2C(C)C)c2ccccc2)cc1. The Kier molecular flexibility index (Phi) is 6.57. The second-order valence-electron chi connectivity index (χ2n) is 7.29. The first-order valence-electron chi connectivity index (χ1n) is 9.72. The molecular weight excluding hydrogens is 398 g/mol. The lowest BCUT2D eigenvalue weighted by atomic mass is 10.0. The number of para-hydroxylation sites is 2. The van der Waals surface area contributed by atoms with E-state index in [9.17, 15) is 13.2 Å². The van der Waals surface area contributed by atoms with Crippen LogP contribution in [-0.4, -0.2) is 20.9 Å². The minimum absolute atomic E-state index is 0.0490. The first kappa shape index (κ1) is 21.6. The van der Waals surface area contributed by atoms with Crippen LogP contribution in [0.1, 0.15) is 30.9 Å². The molecule has 0 unspecified atom stereocenters. The summed E-state index contributed by atoms with van der Waals surface area (Å²) >= 11 is 0. The number of hydrogen-bond donors (Lipinski definition) is 0. The van der Waals surface area contributed by atoms with Crippen molar-refractivity contribution >= 4 is 21.6 Å². The predicted octanol–water partition coefficient (Wildman–Crippen LogP) is 4.92. The van der Waals surface area contributed by atoms with Crippen molar-refractivity contribution in [1.29, 1.82) is 0 Å². The van der Waals surface area contributed by atoms with Gasteiger partial charge in [0.05, 0.1) is 10.6 Å². The number of nitrogens with zero attached hydrogens (tertiary/aromatic N) is 1. The molecule has 0 aromatic heterocycles. The molecule has 0 heterocycles. The number of ether oxygens (including phenoxy) is 1. The second kappa shape index (κ2) is 9.13. The number of rotatable bonds is 7. The molecule has 3 aromatic rings. The average molecular weight is 424 g/mol. The third kappa shape index (κ3) is 4.71. The van der Waals surface area contributed by atoms with Crippen molar-refractivity contribution in [2.24, 2.45) is 0 Å². The molecule has 1 amide bonds. The molecular formula is C24H25NO4S. The molecule has 0 saturated heterocycles. The van der Waals surface area contributed by atoms with E-state index in [0.717, 1.165) is 15.4 Å². The fraction of sp³-hybridized carbons (Fsp3) is 0.208. The number of carbonyl (C=O) groups is 1. The summed E-state index contributed by atoms with van der Waals surface area (Å²) < 4.78 is 33.2. The van der Waals surface area contributed by atoms with Gasteiger partial charge in [0, 0.05) is 0 Å². The number of benzene rings is 3. The van der Waals surface area contributed by atoms with E-state index in [1.165, 1.54) is 12.1 Å². The first-order valence-corrected chi connectivity index (χ1v) is 11.2. The maximum atomic E-state index is 13.3. The Morgan fingerprint density at radius 1 is 0.900 bits per heavy atom. The van der Waals surface area contributed by atoms with Crippen molar-refractivity contribution in [2.75, 3.05) is 10.9 Å². The van der Waals surface area contributed by atoms with Crippen molar-refractivity contribution in [3.05, 3.63) is 90.0 Å². The molecule has 0 aliphatic rings. The molecule has 0 atom stereocenters. The molecule has 0 spiro atoms. The summed E-state index contributed by atoms with van der Waals surface area (Å²) in [6.45, 7) is 5.53. The van der Waals surface area contributed by atoms with Gasteiger partial charge in [0.1, 0.15) is 5.75 Å². The summed E-state index contributed by atoms with van der Waals surface area (Å²) in [6.07, 6.45) is 0. The summed E-state index contributed by atoms with van der Waals surface area (Å²) in [7, 11) is -4.10. The quantitative estimate of drug-likeness (QED) is 0.541. The van der Waals surface area contributed by atoms with Crippen LogP contribution in [0.2, 0.25) is 0 Å². The maximum Gasteiger partial charge on any atom is 0.278 e. The summed E-state index contributed by atoms with van der Waals surface area (Å²) in [5.74, 6) is 0.111. The standard InChI is InChI=1S/C24H25NO4S/c1-18(2)22-11-7-8-12-23(22)29-17-24(26)25(20-9-5-4-6-10-20)30(27,28)21-15-13-19(3)14-16-21/h4-16,18H,17H2,1-3H3. The monoisotopic (exact) mass is 423 g/mol. The number of sulfonamides is 1. The number of aryl methyl sites for hydroxylation is 1. The van der Waals surface area contributed by atoms with Gasteiger partial charge in [0.25, 0.3) is 15.9 Å². The van der Waals surface area contributed by atoms with E-state index in [-0.39, 0.29) is 16.5 Å². The zero-order valence-corrected chi connectivity index (χ0v) is 18.1. The molecule has 0 saturated carbocycles. The van der Waals surface area contributed by atoms with Crippen LogP contribution in [0.25, 0.3) is 0 Å². The number of carbonyl (C=O) groups excluding carboxylic acids is 1. The van der Waals surface area contributed by atoms with Crippen LogP contribution in [0.5, 0.6) is 5.75 Å². The number of anilines is 1. The minimum Gasteiger partial charge on any atom is -0.483 e. The van der Waals surface area contributed by atoms with Gasteiger partial charge in [-0.25, -0.2) is 8.42 Å². The van der Waals surface area contributed by atoms with Gasteiger partial charge in [-0.2, -0.15) is 4.31 Å². The highest BCUT2D eigenvalue weighted by atomic mass is 32.2.